The Hall–Kier alpha value is -1.38. The molecule has 0 N–H and O–H groups in total. The van der Waals surface area contributed by atoms with E-state index < -0.39 is 14.1 Å². The highest BCUT2D eigenvalue weighted by atomic mass is 32.1. The van der Waals surface area contributed by atoms with Gasteiger partial charge in [0, 0.05) is 0 Å². The van der Waals surface area contributed by atoms with Crippen LogP contribution < -0.4 is 9.47 Å². The van der Waals surface area contributed by atoms with Crippen molar-refractivity contribution >= 4 is 23.1 Å². The van der Waals surface area contributed by atoms with Gasteiger partial charge in [0.15, 0.2) is 5.69 Å². The van der Waals surface area contributed by atoms with Gasteiger partial charge < -0.3 is 9.47 Å². The fraction of sp³-hybridized carbons (Fsp3) is 0.222. The second-order valence-corrected chi connectivity index (χ2v) is 2.19. The minimum atomic E-state index is -2.70. The molecule has 1 rings (SSSR count). The normalized spacial score (nSPS) is 17.5. The lowest BCUT2D eigenvalue weighted by atomic mass is 10.3. The summed E-state index contributed by atoms with van der Waals surface area (Å²) in [6.45, 7) is 0. The molecule has 0 amide bonds. The second-order valence-electron chi connectivity index (χ2n) is 2.01. The first kappa shape index (κ1) is 4.22. The Labute approximate surface area is 90.4 Å². The lowest BCUT2D eigenvalue weighted by Gasteiger charge is -2.07. The fourth-order valence-corrected chi connectivity index (χ4v) is 0.914. The van der Waals surface area contributed by atoms with Gasteiger partial charge in [-0.05, 0) is 24.4 Å². The molecule has 0 aliphatic heterocycles. The summed E-state index contributed by atoms with van der Waals surface area (Å²) >= 11 is 4.43. The van der Waals surface area contributed by atoms with Crippen LogP contribution in [-0.2, 0) is 0 Å². The molecule has 0 fully saturated rings. The summed E-state index contributed by atoms with van der Waals surface area (Å²) in [5.41, 5.74) is -0.134. The number of benzene rings is 1. The summed E-state index contributed by atoms with van der Waals surface area (Å²) < 4.78 is 51.5. The Morgan fingerprint density at radius 1 is 1.38 bits per heavy atom. The molecule has 0 atom stereocenters. The number of ether oxygens (including phenoxy) is 2. The second kappa shape index (κ2) is 4.60. The molecule has 0 spiro atoms. The van der Waals surface area contributed by atoms with Gasteiger partial charge in [0.1, 0.15) is 11.5 Å². The standard InChI is InChI=1S/C9H9NO2S/c1-11-7-4-3-5-8(12-2)9(7)10-6-13/h3-5H,1-2H3/i1D3,2D3. The maximum absolute atomic E-state index is 7.02. The van der Waals surface area contributed by atoms with Crippen molar-refractivity contribution in [2.24, 2.45) is 4.99 Å². The summed E-state index contributed by atoms with van der Waals surface area (Å²) in [4.78, 5) is 3.59. The largest absolute Gasteiger partial charge is 0.494 e. The zero-order valence-corrected chi connectivity index (χ0v) is 7.22. The Kier molecular flexibility index (Phi) is 1.49. The molecule has 1 aromatic rings. The lowest BCUT2D eigenvalue weighted by molar-refractivity contribution is 0.397. The van der Waals surface area contributed by atoms with Gasteiger partial charge in [0.2, 0.25) is 0 Å². The predicted octanol–water partition coefficient (Wildman–Crippen LogP) is 2.44. The molecule has 68 valence electrons. The third-order valence-corrected chi connectivity index (χ3v) is 1.43. The molecule has 0 heterocycles. The van der Waals surface area contributed by atoms with Crippen molar-refractivity contribution < 1.29 is 17.7 Å². The van der Waals surface area contributed by atoms with Crippen LogP contribution in [0.15, 0.2) is 23.2 Å². The zero-order chi connectivity index (χ0) is 14.7. The average molecular weight is 201 g/mol. The summed E-state index contributed by atoms with van der Waals surface area (Å²) in [7, 11) is -5.41. The predicted molar refractivity (Wildman–Crippen MR) is 54.2 cm³/mol. The Morgan fingerprint density at radius 3 is 2.46 bits per heavy atom. The number of aliphatic imine (C=N–C) groups is 1. The van der Waals surface area contributed by atoms with Crippen LogP contribution >= 0.6 is 12.2 Å². The van der Waals surface area contributed by atoms with Gasteiger partial charge in [-0.25, -0.2) is 0 Å². The van der Waals surface area contributed by atoms with Gasteiger partial charge >= 0.3 is 0 Å². The molecule has 1 aromatic carbocycles. The molecule has 0 aliphatic rings. The van der Waals surface area contributed by atoms with Crippen LogP contribution in [0.4, 0.5) is 5.69 Å². The van der Waals surface area contributed by atoms with Crippen molar-refractivity contribution in [1.82, 2.24) is 0 Å². The number of hydrogen-bond acceptors (Lipinski definition) is 4. The first-order valence-electron chi connectivity index (χ1n) is 6.21. The summed E-state index contributed by atoms with van der Waals surface area (Å²) in [5, 5.41) is 2.02. The van der Waals surface area contributed by atoms with E-state index in [1.54, 1.807) is 0 Å². The molecular weight excluding hydrogens is 186 g/mol. The van der Waals surface area contributed by atoms with E-state index in [9.17, 15) is 0 Å². The van der Waals surface area contributed by atoms with E-state index in [4.69, 9.17) is 17.7 Å². The van der Waals surface area contributed by atoms with Crippen LogP contribution in [0.2, 0.25) is 0 Å². The van der Waals surface area contributed by atoms with Crippen molar-refractivity contribution in [2.45, 2.75) is 0 Å². The third kappa shape index (κ3) is 2.05. The molecule has 0 aromatic heterocycles. The fourth-order valence-electron chi connectivity index (χ4n) is 0.823. The number of nitrogens with zero attached hydrogens (tertiary/aromatic N) is 1. The molecule has 0 aliphatic carbocycles. The van der Waals surface area contributed by atoms with Crippen molar-refractivity contribution in [3.63, 3.8) is 0 Å². The molecule has 4 heteroatoms. The van der Waals surface area contributed by atoms with E-state index in [0.717, 1.165) is 0 Å². The van der Waals surface area contributed by atoms with E-state index in [1.807, 2.05) is 5.16 Å². The van der Waals surface area contributed by atoms with Gasteiger partial charge in [-0.1, -0.05) is 6.07 Å². The number of para-hydroxylation sites is 1. The van der Waals surface area contributed by atoms with E-state index >= 15 is 0 Å². The maximum atomic E-state index is 7.02. The SMILES string of the molecule is [2H]C([2H])([2H])Oc1cccc(OC([2H])([2H])[2H])c1N=C=S. The molecule has 0 bridgehead atoms. The Balaban J connectivity index is 3.25. The lowest BCUT2D eigenvalue weighted by Crippen LogP contribution is -1.87. The number of isothiocyanates is 1. The van der Waals surface area contributed by atoms with Crippen molar-refractivity contribution in [3.8, 4) is 11.5 Å². The van der Waals surface area contributed by atoms with E-state index in [2.05, 4.69) is 17.2 Å². The molecule has 0 radical (unpaired) electrons. The molecule has 13 heavy (non-hydrogen) atoms. The number of thiocarbonyl (C=S) groups is 1. The molecule has 0 saturated carbocycles. The topological polar surface area (TPSA) is 30.8 Å². The van der Waals surface area contributed by atoms with Crippen LogP contribution in [-0.4, -0.2) is 19.2 Å². The molecule has 0 saturated heterocycles. The van der Waals surface area contributed by atoms with Gasteiger partial charge in [-0.15, -0.1) is 0 Å². The van der Waals surface area contributed by atoms with Crippen LogP contribution in [0, 0.1) is 0 Å². The van der Waals surface area contributed by atoms with Gasteiger partial charge in [-0.2, -0.15) is 4.99 Å². The number of rotatable bonds is 3. The molecule has 0 unspecified atom stereocenters. The van der Waals surface area contributed by atoms with Crippen LogP contribution in [0.3, 0.4) is 0 Å². The first-order chi connectivity index (χ1) is 8.62. The van der Waals surface area contributed by atoms with Crippen LogP contribution in [0.1, 0.15) is 8.22 Å². The summed E-state index contributed by atoms with van der Waals surface area (Å²) in [5.74, 6) is -0.335. The first-order valence-corrected chi connectivity index (χ1v) is 3.62. The monoisotopic (exact) mass is 201 g/mol. The van der Waals surface area contributed by atoms with Gasteiger partial charge in [0.25, 0.3) is 0 Å². The Bertz CT molecular complexity index is 472. The highest BCUT2D eigenvalue weighted by Crippen LogP contribution is 2.36. The van der Waals surface area contributed by atoms with Crippen molar-refractivity contribution in [1.29, 1.82) is 0 Å². The molecule has 3 nitrogen and oxygen atoms in total. The average Bonchev–Trinajstić information content (AvgIpc) is 2.18. The third-order valence-electron chi connectivity index (χ3n) is 1.34. The maximum Gasteiger partial charge on any atom is 0.158 e. The van der Waals surface area contributed by atoms with Crippen molar-refractivity contribution in [2.75, 3.05) is 14.1 Å². The van der Waals surface area contributed by atoms with Gasteiger partial charge in [-0.3, -0.25) is 0 Å². The highest BCUT2D eigenvalue weighted by molar-refractivity contribution is 7.78. The van der Waals surface area contributed by atoms with Crippen LogP contribution in [0.25, 0.3) is 0 Å². The number of hydrogen-bond donors (Lipinski definition) is 0. The minimum Gasteiger partial charge on any atom is -0.494 e. The zero-order valence-electron chi connectivity index (χ0n) is 12.4. The number of methoxy groups -OCH3 is 2. The smallest absolute Gasteiger partial charge is 0.158 e. The van der Waals surface area contributed by atoms with Gasteiger partial charge in [0.05, 0.1) is 27.5 Å². The summed E-state index contributed by atoms with van der Waals surface area (Å²) in [6, 6.07) is 4.00. The quantitative estimate of drug-likeness (QED) is 0.556. The van der Waals surface area contributed by atoms with E-state index in [0.29, 0.717) is 0 Å². The van der Waals surface area contributed by atoms with E-state index in [-0.39, 0.29) is 17.2 Å². The minimum absolute atomic E-state index is 0.134. The van der Waals surface area contributed by atoms with Crippen LogP contribution in [0.5, 0.6) is 11.5 Å². The van der Waals surface area contributed by atoms with Crippen molar-refractivity contribution in [3.05, 3.63) is 18.2 Å². The Morgan fingerprint density at radius 2 is 2.00 bits per heavy atom. The molecular formula is C9H9NO2S. The highest BCUT2D eigenvalue weighted by Gasteiger charge is 2.06. The van der Waals surface area contributed by atoms with E-state index in [1.165, 1.54) is 18.2 Å². The summed E-state index contributed by atoms with van der Waals surface area (Å²) in [6.07, 6.45) is 0.